The zero-order valence-electron chi connectivity index (χ0n) is 46.3. The summed E-state index contributed by atoms with van der Waals surface area (Å²) in [5, 5.41) is 0. The lowest BCUT2D eigenvalue weighted by molar-refractivity contribution is 0.332. The second kappa shape index (κ2) is 14.8. The zero-order chi connectivity index (χ0) is 50.3. The summed E-state index contributed by atoms with van der Waals surface area (Å²) in [5.74, 6) is 0. The maximum absolute atomic E-state index is 2.74. The molecule has 2 aliphatic heterocycles. The first-order chi connectivity index (χ1) is 32.4. The molecular weight excluding hydrogens is 844 g/mol. The number of nitrogens with zero attached hydrogens (tertiary/aromatic N) is 2. The smallest absolute Gasteiger partial charge is 0.252 e. The molecule has 0 N–H and O–H groups in total. The van der Waals surface area contributed by atoms with Gasteiger partial charge in [-0.05, 0) is 191 Å². The molecule has 0 saturated carbocycles. The Balaban J connectivity index is 1.29. The van der Waals surface area contributed by atoms with Crippen LogP contribution in [0.4, 0.5) is 34.1 Å². The average Bonchev–Trinajstić information content (AvgIpc) is 3.47. The van der Waals surface area contributed by atoms with Crippen molar-refractivity contribution in [2.45, 2.75) is 200 Å². The van der Waals surface area contributed by atoms with Crippen LogP contribution in [-0.2, 0) is 43.3 Å². The van der Waals surface area contributed by atoms with Crippen molar-refractivity contribution in [3.63, 3.8) is 0 Å². The second-order valence-corrected chi connectivity index (χ2v) is 28.4. The molecule has 0 spiro atoms. The van der Waals surface area contributed by atoms with E-state index in [2.05, 4.69) is 238 Å². The van der Waals surface area contributed by atoms with Crippen LogP contribution in [0.2, 0.25) is 0 Å². The van der Waals surface area contributed by atoms with E-state index in [1.165, 1.54) is 132 Å². The van der Waals surface area contributed by atoms with E-state index >= 15 is 0 Å². The third-order valence-corrected chi connectivity index (χ3v) is 19.1. The van der Waals surface area contributed by atoms with Crippen LogP contribution in [0.3, 0.4) is 0 Å². The first-order valence-electron chi connectivity index (χ1n) is 26.9. The van der Waals surface area contributed by atoms with E-state index in [1.54, 1.807) is 0 Å². The largest absolute Gasteiger partial charge is 0.311 e. The van der Waals surface area contributed by atoms with Gasteiger partial charge in [-0.15, -0.1) is 0 Å². The molecule has 6 aromatic rings. The maximum Gasteiger partial charge on any atom is 0.252 e. The highest BCUT2D eigenvalue weighted by atomic mass is 15.2. The molecule has 0 atom stereocenters. The van der Waals surface area contributed by atoms with Gasteiger partial charge in [0.25, 0.3) is 6.71 Å². The fourth-order valence-electron chi connectivity index (χ4n) is 14.5. The topological polar surface area (TPSA) is 6.48 Å². The fourth-order valence-corrected chi connectivity index (χ4v) is 14.5. The molecule has 2 heterocycles. The SMILES string of the molecule is Cc1cc2c(cc1N1c3ccc(C(C)(C)c4ccccc4)cc3B3c4cc5c(cc4N(c4ccc6c(c4)C(C)(C)CCC6(C)C)c4cc(C(C)(C)C)cc1c43)C(C)(C)CC5(C)C)C(C)(C)CCC2(C)C. The van der Waals surface area contributed by atoms with Gasteiger partial charge in [0.1, 0.15) is 0 Å². The summed E-state index contributed by atoms with van der Waals surface area (Å²) < 4.78 is 0. The van der Waals surface area contributed by atoms with Gasteiger partial charge in [-0.2, -0.15) is 0 Å². The highest BCUT2D eigenvalue weighted by molar-refractivity contribution is 7.00. The maximum atomic E-state index is 2.74. The second-order valence-electron chi connectivity index (χ2n) is 28.4. The molecule has 3 aliphatic carbocycles. The predicted molar refractivity (Wildman–Crippen MR) is 304 cm³/mol. The molecule has 0 radical (unpaired) electrons. The number of fused-ring (bicyclic) bond motifs is 7. The van der Waals surface area contributed by atoms with Crippen molar-refractivity contribution < 1.29 is 0 Å². The van der Waals surface area contributed by atoms with Crippen molar-refractivity contribution in [2.24, 2.45) is 0 Å². The van der Waals surface area contributed by atoms with Gasteiger partial charge >= 0.3 is 0 Å². The van der Waals surface area contributed by atoms with Gasteiger partial charge in [0, 0.05) is 39.5 Å². The van der Waals surface area contributed by atoms with E-state index in [0.29, 0.717) is 0 Å². The summed E-state index contributed by atoms with van der Waals surface area (Å²) in [7, 11) is 0. The lowest BCUT2D eigenvalue weighted by Crippen LogP contribution is -2.62. The summed E-state index contributed by atoms with van der Waals surface area (Å²) in [5.41, 5.74) is 26.7. The summed E-state index contributed by atoms with van der Waals surface area (Å²) in [6, 6.07) is 42.2. The first kappa shape index (κ1) is 47.3. The molecule has 0 unspecified atom stereocenters. The van der Waals surface area contributed by atoms with Crippen LogP contribution in [0.25, 0.3) is 0 Å². The number of hydrogen-bond acceptors (Lipinski definition) is 2. The zero-order valence-corrected chi connectivity index (χ0v) is 46.3. The van der Waals surface area contributed by atoms with Gasteiger partial charge in [-0.1, -0.05) is 178 Å². The molecule has 11 rings (SSSR count). The van der Waals surface area contributed by atoms with Crippen molar-refractivity contribution in [3.05, 3.63) is 159 Å². The van der Waals surface area contributed by atoms with E-state index < -0.39 is 0 Å². The van der Waals surface area contributed by atoms with Crippen LogP contribution >= 0.6 is 0 Å². The average molecular weight is 925 g/mol. The van der Waals surface area contributed by atoms with E-state index in [4.69, 9.17) is 0 Å². The molecule has 0 saturated heterocycles. The van der Waals surface area contributed by atoms with Crippen molar-refractivity contribution >= 4 is 57.2 Å². The third kappa shape index (κ3) is 6.92. The van der Waals surface area contributed by atoms with Gasteiger partial charge in [-0.3, -0.25) is 0 Å². The lowest BCUT2D eigenvalue weighted by Gasteiger charge is -2.47. The van der Waals surface area contributed by atoms with E-state index in [0.717, 1.165) is 6.42 Å². The highest BCUT2D eigenvalue weighted by Gasteiger charge is 2.50. The van der Waals surface area contributed by atoms with E-state index in [-0.39, 0.29) is 50.0 Å². The van der Waals surface area contributed by atoms with Crippen LogP contribution in [-0.4, -0.2) is 6.71 Å². The Hall–Kier alpha value is -5.02. The molecule has 70 heavy (non-hydrogen) atoms. The Bertz CT molecular complexity index is 3160. The fraction of sp³-hybridized carbons (Fsp3) is 0.463. The molecular formula is C67H81BN2. The first-order valence-corrected chi connectivity index (χ1v) is 26.9. The molecule has 5 aliphatic rings. The molecule has 6 aromatic carbocycles. The van der Waals surface area contributed by atoms with Crippen LogP contribution in [0.15, 0.2) is 103 Å². The molecule has 0 fully saturated rings. The predicted octanol–water partition coefficient (Wildman–Crippen LogP) is 16.4. The van der Waals surface area contributed by atoms with Crippen molar-refractivity contribution in [3.8, 4) is 0 Å². The third-order valence-electron chi connectivity index (χ3n) is 19.1. The Morgan fingerprint density at radius 2 is 0.900 bits per heavy atom. The van der Waals surface area contributed by atoms with Gasteiger partial charge in [0.15, 0.2) is 0 Å². The Kier molecular flexibility index (Phi) is 10.0. The number of benzene rings is 6. The molecule has 0 aromatic heterocycles. The van der Waals surface area contributed by atoms with E-state index in [1.807, 2.05) is 0 Å². The molecule has 362 valence electrons. The van der Waals surface area contributed by atoms with Gasteiger partial charge in [0.2, 0.25) is 0 Å². The van der Waals surface area contributed by atoms with Crippen LogP contribution in [0.5, 0.6) is 0 Å². The summed E-state index contributed by atoms with van der Waals surface area (Å²) >= 11 is 0. The standard InChI is InChI=1S/C67H81BN2/c1-41-32-47-50(64(11,12)31-30-62(47,7)8)38-55(41)70-54-27-24-43(67(17,18)42-22-20-19-21-23-42)33-52(54)68-53-37-49-51(66(15,16)40-65(49,13)14)39-56(53)69(57-34-44(60(2,3)4)35-58(70)59(57)68)45-25-26-46-48(36-45)63(9,10)29-28-61(46,5)6/h19-27,32-39H,28-31,40H2,1-18H3. The van der Waals surface area contributed by atoms with Crippen molar-refractivity contribution in [2.75, 3.05) is 9.80 Å². The van der Waals surface area contributed by atoms with Gasteiger partial charge in [-0.25, -0.2) is 0 Å². The minimum Gasteiger partial charge on any atom is -0.311 e. The number of rotatable bonds is 4. The van der Waals surface area contributed by atoms with Gasteiger partial charge in [0.05, 0.1) is 0 Å². The summed E-state index contributed by atoms with van der Waals surface area (Å²) in [4.78, 5) is 5.47. The molecule has 2 nitrogen and oxygen atoms in total. The monoisotopic (exact) mass is 925 g/mol. The van der Waals surface area contributed by atoms with E-state index in [9.17, 15) is 0 Å². The number of aryl methyl sites for hydroxylation is 1. The quantitative estimate of drug-likeness (QED) is 0.162. The molecule has 3 heteroatoms. The normalized spacial score (nSPS) is 20.5. The Labute approximate surface area is 423 Å². The number of hydrogen-bond donors (Lipinski definition) is 0. The van der Waals surface area contributed by atoms with Crippen molar-refractivity contribution in [1.82, 2.24) is 0 Å². The van der Waals surface area contributed by atoms with Crippen LogP contribution in [0, 0.1) is 6.92 Å². The molecule has 0 bridgehead atoms. The summed E-state index contributed by atoms with van der Waals surface area (Å²) in [6.07, 6.45) is 5.89. The van der Waals surface area contributed by atoms with Crippen molar-refractivity contribution in [1.29, 1.82) is 0 Å². The Morgan fingerprint density at radius 1 is 0.400 bits per heavy atom. The Morgan fingerprint density at radius 3 is 1.50 bits per heavy atom. The van der Waals surface area contributed by atoms with Crippen LogP contribution in [0.1, 0.15) is 205 Å². The van der Waals surface area contributed by atoms with Gasteiger partial charge < -0.3 is 9.80 Å². The summed E-state index contributed by atoms with van der Waals surface area (Å²) in [6.45, 7) is 44.2. The minimum absolute atomic E-state index is 0.0224. The molecule has 0 amide bonds. The van der Waals surface area contributed by atoms with Crippen LogP contribution < -0.4 is 26.2 Å². The minimum atomic E-state index is -0.213. The lowest BCUT2D eigenvalue weighted by atomic mass is 9.33. The highest BCUT2D eigenvalue weighted by Crippen LogP contribution is 2.56. The number of anilines is 6.